The average Bonchev–Trinajstić information content (AvgIpc) is 2.42. The lowest BCUT2D eigenvalue weighted by Gasteiger charge is -2.09. The maximum atomic E-state index is 13.2. The highest BCUT2D eigenvalue weighted by atomic mass is 19.4. The molecule has 2 rings (SSSR count). The quantitative estimate of drug-likeness (QED) is 0.620. The second-order valence-electron chi connectivity index (χ2n) is 4.55. The Morgan fingerprint density at radius 2 is 1.62 bits per heavy atom. The van der Waals surface area contributed by atoms with Crippen LogP contribution in [0.5, 0.6) is 0 Å². The van der Waals surface area contributed by atoms with Crippen LogP contribution in [0.15, 0.2) is 42.5 Å². The first kappa shape index (κ1) is 15.6. The van der Waals surface area contributed by atoms with Crippen molar-refractivity contribution in [2.75, 3.05) is 0 Å². The van der Waals surface area contributed by atoms with Crippen LogP contribution in [-0.4, -0.2) is 7.85 Å². The lowest BCUT2D eigenvalue weighted by atomic mass is 9.94. The minimum absolute atomic E-state index is 0.00984. The summed E-state index contributed by atoms with van der Waals surface area (Å²) in [5.41, 5.74) is 0.285. The number of hydrogen-bond donors (Lipinski definition) is 0. The molecular formula is C15H11BF4O. The third-order valence-electron chi connectivity index (χ3n) is 2.86. The van der Waals surface area contributed by atoms with Gasteiger partial charge in [-0.05, 0) is 29.3 Å². The molecule has 0 aromatic heterocycles. The molecule has 0 atom stereocenters. The predicted octanol–water partition coefficient (Wildman–Crippen LogP) is 3.36. The van der Waals surface area contributed by atoms with E-state index < -0.39 is 17.6 Å². The first-order chi connectivity index (χ1) is 9.86. The maximum absolute atomic E-state index is 13.2. The monoisotopic (exact) mass is 294 g/mol. The van der Waals surface area contributed by atoms with E-state index in [0.717, 1.165) is 12.1 Å². The minimum Gasteiger partial charge on any atom is -0.372 e. The highest BCUT2D eigenvalue weighted by Gasteiger charge is 2.30. The molecular weight excluding hydrogens is 283 g/mol. The van der Waals surface area contributed by atoms with Crippen LogP contribution in [0.1, 0.15) is 16.7 Å². The Morgan fingerprint density at radius 1 is 0.952 bits per heavy atom. The molecule has 0 saturated heterocycles. The summed E-state index contributed by atoms with van der Waals surface area (Å²) >= 11 is 0. The Morgan fingerprint density at radius 3 is 2.24 bits per heavy atom. The van der Waals surface area contributed by atoms with Gasteiger partial charge >= 0.3 is 6.18 Å². The van der Waals surface area contributed by atoms with Crippen LogP contribution in [0.3, 0.4) is 0 Å². The molecule has 6 heteroatoms. The summed E-state index contributed by atoms with van der Waals surface area (Å²) in [5.74, 6) is -0.546. The average molecular weight is 294 g/mol. The van der Waals surface area contributed by atoms with Gasteiger partial charge in [0.15, 0.2) is 0 Å². The molecule has 21 heavy (non-hydrogen) atoms. The second kappa shape index (κ2) is 6.31. The van der Waals surface area contributed by atoms with Crippen molar-refractivity contribution < 1.29 is 22.3 Å². The fourth-order valence-electron chi connectivity index (χ4n) is 1.78. The highest BCUT2D eigenvalue weighted by molar-refractivity contribution is 6.32. The Hall–Kier alpha value is -1.82. The van der Waals surface area contributed by atoms with E-state index >= 15 is 0 Å². The van der Waals surface area contributed by atoms with Crippen LogP contribution < -0.4 is 5.46 Å². The molecule has 1 nitrogen and oxygen atoms in total. The number of alkyl halides is 3. The largest absolute Gasteiger partial charge is 0.416 e. The van der Waals surface area contributed by atoms with Gasteiger partial charge in [-0.1, -0.05) is 29.7 Å². The second-order valence-corrected chi connectivity index (χ2v) is 4.55. The van der Waals surface area contributed by atoms with Crippen molar-refractivity contribution in [1.82, 2.24) is 0 Å². The normalized spacial score (nSPS) is 11.6. The topological polar surface area (TPSA) is 9.23 Å². The van der Waals surface area contributed by atoms with Crippen LogP contribution in [0.25, 0.3) is 0 Å². The number of hydrogen-bond acceptors (Lipinski definition) is 1. The van der Waals surface area contributed by atoms with Crippen LogP contribution >= 0.6 is 0 Å². The summed E-state index contributed by atoms with van der Waals surface area (Å²) in [6.07, 6.45) is -4.38. The van der Waals surface area contributed by atoms with Gasteiger partial charge in [-0.15, -0.1) is 0 Å². The van der Waals surface area contributed by atoms with Crippen molar-refractivity contribution >= 4 is 13.3 Å². The summed E-state index contributed by atoms with van der Waals surface area (Å²) < 4.78 is 56.1. The predicted molar refractivity (Wildman–Crippen MR) is 71.7 cm³/mol. The number of benzene rings is 2. The van der Waals surface area contributed by atoms with Crippen molar-refractivity contribution in [2.24, 2.45) is 0 Å². The fraction of sp³-hybridized carbons (Fsp3) is 0.200. The molecule has 0 unspecified atom stereocenters. The van der Waals surface area contributed by atoms with Crippen LogP contribution in [-0.2, 0) is 24.1 Å². The van der Waals surface area contributed by atoms with Gasteiger partial charge in [-0.2, -0.15) is 13.2 Å². The van der Waals surface area contributed by atoms with E-state index in [2.05, 4.69) is 0 Å². The van der Waals surface area contributed by atoms with E-state index in [1.807, 2.05) is 0 Å². The molecule has 0 amide bonds. The van der Waals surface area contributed by atoms with Crippen molar-refractivity contribution in [3.63, 3.8) is 0 Å². The van der Waals surface area contributed by atoms with Crippen molar-refractivity contribution in [3.8, 4) is 0 Å². The molecule has 0 fully saturated rings. The van der Waals surface area contributed by atoms with E-state index in [1.165, 1.54) is 18.2 Å². The molecule has 0 aliphatic rings. The van der Waals surface area contributed by atoms with Gasteiger partial charge < -0.3 is 4.74 Å². The van der Waals surface area contributed by atoms with E-state index in [4.69, 9.17) is 12.6 Å². The third kappa shape index (κ3) is 4.33. The highest BCUT2D eigenvalue weighted by Crippen LogP contribution is 2.29. The Bertz CT molecular complexity index is 625. The summed E-state index contributed by atoms with van der Waals surface area (Å²) in [4.78, 5) is 0. The van der Waals surface area contributed by atoms with Gasteiger partial charge in [0.2, 0.25) is 0 Å². The van der Waals surface area contributed by atoms with E-state index in [-0.39, 0.29) is 18.7 Å². The standard InChI is InChI=1S/C15H11BF4O/c16-13-5-4-11(7-14(13)17)9-21-8-10-2-1-3-12(6-10)15(18,19)20/h1-7H,8-9H2. The molecule has 2 aromatic carbocycles. The molecule has 2 radical (unpaired) electrons. The van der Waals surface area contributed by atoms with Crippen LogP contribution in [0, 0.1) is 5.82 Å². The van der Waals surface area contributed by atoms with Crippen LogP contribution in [0.2, 0.25) is 0 Å². The van der Waals surface area contributed by atoms with E-state index in [1.54, 1.807) is 12.1 Å². The SMILES string of the molecule is [B]c1ccc(COCc2cccc(C(F)(F)F)c2)cc1F. The molecule has 0 N–H and O–H groups in total. The van der Waals surface area contributed by atoms with Crippen molar-refractivity contribution in [2.45, 2.75) is 19.4 Å². The van der Waals surface area contributed by atoms with Gasteiger partial charge in [0.25, 0.3) is 0 Å². The fourth-order valence-corrected chi connectivity index (χ4v) is 1.78. The lowest BCUT2D eigenvalue weighted by molar-refractivity contribution is -0.137. The van der Waals surface area contributed by atoms with Crippen molar-refractivity contribution in [1.29, 1.82) is 0 Å². The molecule has 0 aliphatic carbocycles. The zero-order chi connectivity index (χ0) is 15.5. The smallest absolute Gasteiger partial charge is 0.372 e. The molecule has 0 bridgehead atoms. The number of rotatable bonds is 4. The number of halogens is 4. The van der Waals surface area contributed by atoms with Gasteiger partial charge in [0.05, 0.1) is 18.8 Å². The van der Waals surface area contributed by atoms with Crippen molar-refractivity contribution in [3.05, 3.63) is 65.0 Å². The summed E-state index contributed by atoms with van der Waals surface area (Å²) in [7, 11) is 5.34. The minimum atomic E-state index is -4.38. The summed E-state index contributed by atoms with van der Waals surface area (Å²) in [5, 5.41) is 0. The molecule has 0 saturated carbocycles. The number of ether oxygens (including phenoxy) is 1. The van der Waals surface area contributed by atoms with Crippen LogP contribution in [0.4, 0.5) is 17.6 Å². The van der Waals surface area contributed by atoms with Gasteiger partial charge in [0, 0.05) is 0 Å². The van der Waals surface area contributed by atoms with Gasteiger partial charge in [-0.3, -0.25) is 0 Å². The molecule has 108 valence electrons. The zero-order valence-electron chi connectivity index (χ0n) is 11.0. The van der Waals surface area contributed by atoms with E-state index in [0.29, 0.717) is 11.1 Å². The Labute approximate surface area is 121 Å². The van der Waals surface area contributed by atoms with Gasteiger partial charge in [-0.25, -0.2) is 4.39 Å². The summed E-state index contributed by atoms with van der Waals surface area (Å²) in [6, 6.07) is 9.15. The molecule has 0 heterocycles. The molecule has 0 aliphatic heterocycles. The zero-order valence-corrected chi connectivity index (χ0v) is 11.0. The molecule has 2 aromatic rings. The third-order valence-corrected chi connectivity index (χ3v) is 2.86. The van der Waals surface area contributed by atoms with E-state index in [9.17, 15) is 17.6 Å². The Balaban J connectivity index is 1.96. The summed E-state index contributed by atoms with van der Waals surface area (Å²) in [6.45, 7) is 0.101. The first-order valence-corrected chi connectivity index (χ1v) is 6.14. The lowest BCUT2D eigenvalue weighted by Crippen LogP contribution is -2.08. The van der Waals surface area contributed by atoms with Gasteiger partial charge in [0.1, 0.15) is 13.7 Å². The Kier molecular flexibility index (Phi) is 4.68. The maximum Gasteiger partial charge on any atom is 0.416 e. The first-order valence-electron chi connectivity index (χ1n) is 6.14. The molecule has 0 spiro atoms.